The first-order valence-corrected chi connectivity index (χ1v) is 9.19. The Kier molecular flexibility index (Phi) is 4.50. The molecule has 142 valence electrons. The third-order valence-electron chi connectivity index (χ3n) is 5.12. The summed E-state index contributed by atoms with van der Waals surface area (Å²) in [4.78, 5) is 22.5. The number of hydrogen-bond donors (Lipinski definition) is 1. The molecule has 6 heteroatoms. The fourth-order valence-electron chi connectivity index (χ4n) is 3.40. The fourth-order valence-corrected chi connectivity index (χ4v) is 3.40. The van der Waals surface area contributed by atoms with Gasteiger partial charge in [-0.15, -0.1) is 0 Å². The Morgan fingerprint density at radius 3 is 2.83 bits per heavy atom. The third-order valence-corrected chi connectivity index (χ3v) is 5.12. The molecule has 1 aliphatic heterocycles. The zero-order valence-corrected chi connectivity index (χ0v) is 16.1. The molecule has 1 fully saturated rings. The van der Waals surface area contributed by atoms with Crippen molar-refractivity contribution in [2.75, 3.05) is 13.6 Å². The van der Waals surface area contributed by atoms with E-state index in [1.54, 1.807) is 13.2 Å². The van der Waals surface area contributed by atoms with Gasteiger partial charge in [-0.2, -0.15) is 5.26 Å². The lowest BCUT2D eigenvalue weighted by molar-refractivity contribution is -0.137. The third kappa shape index (κ3) is 3.31. The molecule has 3 aromatic rings. The standard InChI is InChI=1S/C23H18N4O2/c1-15-21-19(18(13-24)14-25-15)6-7-20(26-21)17-5-3-4-16(12-17)8-9-23(29)10-11-27(2)22(23)28/h3-7,12,14,29H,10-11H2,1-2H3/t23-/m0/s1. The van der Waals surface area contributed by atoms with Crippen LogP contribution in [0.4, 0.5) is 0 Å². The molecule has 1 aliphatic rings. The normalized spacial score (nSPS) is 18.4. The van der Waals surface area contributed by atoms with Crippen molar-refractivity contribution in [2.24, 2.45) is 0 Å². The van der Waals surface area contributed by atoms with E-state index in [1.165, 1.54) is 4.90 Å². The lowest BCUT2D eigenvalue weighted by atomic mass is 10.0. The first-order chi connectivity index (χ1) is 13.9. The molecule has 1 amide bonds. The Bertz CT molecular complexity index is 1250. The SMILES string of the molecule is Cc1ncc(C#N)c2ccc(-c3cccc(C#C[C@]4(O)CCN(C)C4=O)c3)nc12. The lowest BCUT2D eigenvalue weighted by Crippen LogP contribution is -2.37. The van der Waals surface area contributed by atoms with Gasteiger partial charge in [-0.1, -0.05) is 24.0 Å². The van der Waals surface area contributed by atoms with E-state index in [2.05, 4.69) is 22.9 Å². The topological polar surface area (TPSA) is 90.1 Å². The second-order valence-corrected chi connectivity index (χ2v) is 7.13. The average molecular weight is 382 g/mol. The van der Waals surface area contributed by atoms with Gasteiger partial charge in [0.1, 0.15) is 6.07 Å². The Labute approximate surface area is 168 Å². The molecule has 6 nitrogen and oxygen atoms in total. The van der Waals surface area contributed by atoms with Gasteiger partial charge < -0.3 is 10.0 Å². The predicted molar refractivity (Wildman–Crippen MR) is 109 cm³/mol. The van der Waals surface area contributed by atoms with Crippen LogP contribution in [0.1, 0.15) is 23.2 Å². The summed E-state index contributed by atoms with van der Waals surface area (Å²) in [5.41, 5.74) is 2.57. The van der Waals surface area contributed by atoms with E-state index in [4.69, 9.17) is 4.98 Å². The zero-order chi connectivity index (χ0) is 20.6. The number of nitriles is 1. The number of fused-ring (bicyclic) bond motifs is 1. The van der Waals surface area contributed by atoms with E-state index in [0.717, 1.165) is 22.3 Å². The van der Waals surface area contributed by atoms with Gasteiger partial charge in [0.25, 0.3) is 5.91 Å². The Hall–Kier alpha value is -3.74. The molecule has 0 radical (unpaired) electrons. The second kappa shape index (κ2) is 7.01. The molecule has 0 aliphatic carbocycles. The number of likely N-dealkylation sites (N-methyl/N-ethyl adjacent to an activating group) is 1. The monoisotopic (exact) mass is 382 g/mol. The number of amides is 1. The van der Waals surface area contributed by atoms with E-state index in [1.807, 2.05) is 43.3 Å². The molecule has 1 aromatic carbocycles. The Morgan fingerprint density at radius 2 is 2.10 bits per heavy atom. The molecule has 0 unspecified atom stereocenters. The number of benzene rings is 1. The minimum Gasteiger partial charge on any atom is -0.369 e. The minimum atomic E-state index is -1.62. The van der Waals surface area contributed by atoms with Crippen LogP contribution < -0.4 is 0 Å². The van der Waals surface area contributed by atoms with Gasteiger partial charge in [0, 0.05) is 42.7 Å². The van der Waals surface area contributed by atoms with Gasteiger partial charge in [0.2, 0.25) is 5.60 Å². The van der Waals surface area contributed by atoms with Crippen molar-refractivity contribution in [3.05, 3.63) is 59.4 Å². The highest BCUT2D eigenvalue weighted by Crippen LogP contribution is 2.25. The lowest BCUT2D eigenvalue weighted by Gasteiger charge is -2.13. The number of hydrogen-bond acceptors (Lipinski definition) is 5. The Balaban J connectivity index is 1.72. The van der Waals surface area contributed by atoms with E-state index < -0.39 is 5.60 Å². The van der Waals surface area contributed by atoms with E-state index in [9.17, 15) is 15.2 Å². The molecule has 1 atom stereocenters. The highest BCUT2D eigenvalue weighted by Gasteiger charge is 2.42. The summed E-state index contributed by atoms with van der Waals surface area (Å²) in [5.74, 6) is 5.29. The smallest absolute Gasteiger partial charge is 0.267 e. The van der Waals surface area contributed by atoms with Crippen LogP contribution in [-0.2, 0) is 4.79 Å². The van der Waals surface area contributed by atoms with Crippen LogP contribution in [-0.4, -0.2) is 45.1 Å². The molecule has 29 heavy (non-hydrogen) atoms. The number of rotatable bonds is 1. The summed E-state index contributed by atoms with van der Waals surface area (Å²) < 4.78 is 0. The second-order valence-electron chi connectivity index (χ2n) is 7.13. The van der Waals surface area contributed by atoms with Gasteiger partial charge >= 0.3 is 0 Å². The summed E-state index contributed by atoms with van der Waals surface area (Å²) >= 11 is 0. The number of nitrogens with zero attached hydrogens (tertiary/aromatic N) is 4. The molecule has 1 N–H and O–H groups in total. The van der Waals surface area contributed by atoms with Crippen LogP contribution >= 0.6 is 0 Å². The minimum absolute atomic E-state index is 0.300. The summed E-state index contributed by atoms with van der Waals surface area (Å²) in [6, 6.07) is 13.3. The molecular weight excluding hydrogens is 364 g/mol. The number of pyridine rings is 2. The van der Waals surface area contributed by atoms with Crippen LogP contribution in [0.3, 0.4) is 0 Å². The van der Waals surface area contributed by atoms with E-state index in [0.29, 0.717) is 29.6 Å². The van der Waals surface area contributed by atoms with Gasteiger partial charge in [-0.05, 0) is 31.2 Å². The van der Waals surface area contributed by atoms with Gasteiger partial charge in [-0.3, -0.25) is 9.78 Å². The van der Waals surface area contributed by atoms with Crippen LogP contribution in [0.2, 0.25) is 0 Å². The number of carbonyl (C=O) groups is 1. The summed E-state index contributed by atoms with van der Waals surface area (Å²) in [6.07, 6.45) is 1.86. The summed E-state index contributed by atoms with van der Waals surface area (Å²) in [5, 5.41) is 20.5. The maximum atomic E-state index is 12.1. The van der Waals surface area contributed by atoms with Crippen molar-refractivity contribution in [1.29, 1.82) is 5.26 Å². The van der Waals surface area contributed by atoms with Crippen molar-refractivity contribution in [2.45, 2.75) is 18.9 Å². The number of aryl methyl sites for hydroxylation is 1. The maximum Gasteiger partial charge on any atom is 0.267 e. The molecule has 2 aromatic heterocycles. The van der Waals surface area contributed by atoms with Crippen molar-refractivity contribution < 1.29 is 9.90 Å². The molecule has 3 heterocycles. The van der Waals surface area contributed by atoms with Gasteiger partial charge in [0.15, 0.2) is 0 Å². The number of likely N-dealkylation sites (tertiary alicyclic amines) is 1. The van der Waals surface area contributed by atoms with Crippen LogP contribution in [0.25, 0.3) is 22.2 Å². The molecule has 1 saturated heterocycles. The van der Waals surface area contributed by atoms with Crippen LogP contribution in [0.15, 0.2) is 42.6 Å². The van der Waals surface area contributed by atoms with E-state index >= 15 is 0 Å². The fraction of sp³-hybridized carbons (Fsp3) is 0.217. The molecule has 0 bridgehead atoms. The van der Waals surface area contributed by atoms with Crippen molar-refractivity contribution in [3.8, 4) is 29.2 Å². The first-order valence-electron chi connectivity index (χ1n) is 9.19. The molecule has 0 saturated carbocycles. The summed E-state index contributed by atoms with van der Waals surface area (Å²) in [7, 11) is 1.66. The average Bonchev–Trinajstić information content (AvgIpc) is 3.00. The Morgan fingerprint density at radius 1 is 1.28 bits per heavy atom. The van der Waals surface area contributed by atoms with Gasteiger partial charge in [0.05, 0.1) is 22.5 Å². The van der Waals surface area contributed by atoms with Crippen LogP contribution in [0.5, 0.6) is 0 Å². The highest BCUT2D eigenvalue weighted by atomic mass is 16.3. The van der Waals surface area contributed by atoms with Crippen molar-refractivity contribution in [3.63, 3.8) is 0 Å². The van der Waals surface area contributed by atoms with E-state index in [-0.39, 0.29) is 5.91 Å². The first kappa shape index (κ1) is 18.6. The largest absolute Gasteiger partial charge is 0.369 e. The number of aromatic nitrogens is 2. The van der Waals surface area contributed by atoms with Crippen molar-refractivity contribution >= 4 is 16.8 Å². The molecule has 4 rings (SSSR count). The molecule has 0 spiro atoms. The molecular formula is C23H18N4O2. The summed E-state index contributed by atoms with van der Waals surface area (Å²) in [6.45, 7) is 2.35. The zero-order valence-electron chi connectivity index (χ0n) is 16.1. The number of carbonyl (C=O) groups excluding carboxylic acids is 1. The van der Waals surface area contributed by atoms with Gasteiger partial charge in [-0.25, -0.2) is 4.98 Å². The number of aliphatic hydroxyl groups is 1. The quantitative estimate of drug-likeness (QED) is 0.653. The maximum absolute atomic E-state index is 12.1. The van der Waals surface area contributed by atoms with Crippen LogP contribution in [0, 0.1) is 30.1 Å². The highest BCUT2D eigenvalue weighted by molar-refractivity contribution is 5.90. The van der Waals surface area contributed by atoms with Crippen molar-refractivity contribution in [1.82, 2.24) is 14.9 Å². The predicted octanol–water partition coefficient (Wildman–Crippen LogP) is 2.42.